The second-order valence-electron chi connectivity index (χ2n) is 6.67. The van der Waals surface area contributed by atoms with E-state index in [-0.39, 0.29) is 16.8 Å². The number of sulfonamides is 1. The number of benzene rings is 2. The summed E-state index contributed by atoms with van der Waals surface area (Å²) in [6, 6.07) is 12.9. The van der Waals surface area contributed by atoms with Crippen molar-refractivity contribution in [1.82, 2.24) is 9.21 Å². The summed E-state index contributed by atoms with van der Waals surface area (Å²) in [5.41, 5.74) is 0.413. The minimum Gasteiger partial charge on any atom is -0.492 e. The molecule has 0 atom stereocenters. The third-order valence-electron chi connectivity index (χ3n) is 4.34. The van der Waals surface area contributed by atoms with Gasteiger partial charge in [0.1, 0.15) is 12.4 Å². The van der Waals surface area contributed by atoms with Gasteiger partial charge in [-0.05, 0) is 56.3 Å². The maximum Gasteiger partial charge on any atom is 0.253 e. The van der Waals surface area contributed by atoms with Gasteiger partial charge in [0, 0.05) is 30.7 Å². The maximum atomic E-state index is 12.5. The Morgan fingerprint density at radius 1 is 1.11 bits per heavy atom. The lowest BCUT2D eigenvalue weighted by molar-refractivity contribution is 0.0773. The Hall–Kier alpha value is -2.09. The van der Waals surface area contributed by atoms with Gasteiger partial charge in [0.2, 0.25) is 10.0 Å². The van der Waals surface area contributed by atoms with Crippen LogP contribution in [0.1, 0.15) is 24.2 Å². The van der Waals surface area contributed by atoms with E-state index in [2.05, 4.69) is 0 Å². The summed E-state index contributed by atoms with van der Waals surface area (Å²) in [5, 5.41) is 0.583. The molecule has 8 heteroatoms. The molecule has 0 heterocycles. The summed E-state index contributed by atoms with van der Waals surface area (Å²) in [4.78, 5) is 14.2. The summed E-state index contributed by atoms with van der Waals surface area (Å²) in [7, 11) is -0.370. The summed E-state index contributed by atoms with van der Waals surface area (Å²) in [5.74, 6) is 0.424. The molecule has 2 rings (SSSR count). The SMILES string of the molecule is CC(C)N(C)S(=O)(=O)c1ccc(C(=O)N(C)CCOc2cccc(Cl)c2)cc1. The van der Waals surface area contributed by atoms with Gasteiger partial charge in [-0.15, -0.1) is 0 Å². The summed E-state index contributed by atoms with van der Waals surface area (Å²) in [6.45, 7) is 4.29. The van der Waals surface area contributed by atoms with Gasteiger partial charge in [0.15, 0.2) is 0 Å². The second kappa shape index (κ2) is 9.41. The largest absolute Gasteiger partial charge is 0.492 e. The zero-order chi connectivity index (χ0) is 20.9. The van der Waals surface area contributed by atoms with Gasteiger partial charge in [-0.2, -0.15) is 4.31 Å². The van der Waals surface area contributed by atoms with Crippen molar-refractivity contribution >= 4 is 27.5 Å². The number of nitrogens with zero attached hydrogens (tertiary/aromatic N) is 2. The van der Waals surface area contributed by atoms with Crippen LogP contribution in [0.25, 0.3) is 0 Å². The van der Waals surface area contributed by atoms with Crippen LogP contribution in [-0.4, -0.2) is 56.8 Å². The maximum absolute atomic E-state index is 12.5. The number of hydrogen-bond donors (Lipinski definition) is 0. The van der Waals surface area contributed by atoms with Crippen LogP contribution in [0, 0.1) is 0 Å². The molecule has 2 aromatic rings. The van der Waals surface area contributed by atoms with E-state index in [1.807, 2.05) is 0 Å². The van der Waals surface area contributed by atoms with E-state index in [1.165, 1.54) is 40.5 Å². The summed E-state index contributed by atoms with van der Waals surface area (Å²) >= 11 is 5.91. The molecule has 0 saturated heterocycles. The zero-order valence-corrected chi connectivity index (χ0v) is 18.0. The number of amides is 1. The summed E-state index contributed by atoms with van der Waals surface area (Å²) < 4.78 is 31.9. The Morgan fingerprint density at radius 2 is 1.75 bits per heavy atom. The quantitative estimate of drug-likeness (QED) is 0.650. The highest BCUT2D eigenvalue weighted by Gasteiger charge is 2.23. The van der Waals surface area contributed by atoms with Crippen molar-refractivity contribution in [2.75, 3.05) is 27.2 Å². The van der Waals surface area contributed by atoms with E-state index in [9.17, 15) is 13.2 Å². The van der Waals surface area contributed by atoms with E-state index >= 15 is 0 Å². The van der Waals surface area contributed by atoms with E-state index in [0.717, 1.165) is 0 Å². The molecule has 0 aliphatic heterocycles. The van der Waals surface area contributed by atoms with E-state index in [0.29, 0.717) is 29.5 Å². The first kappa shape index (κ1) is 22.2. The van der Waals surface area contributed by atoms with Crippen LogP contribution in [0.4, 0.5) is 0 Å². The van der Waals surface area contributed by atoms with Crippen molar-refractivity contribution in [3.63, 3.8) is 0 Å². The Kier molecular flexibility index (Phi) is 7.46. The highest BCUT2D eigenvalue weighted by atomic mass is 35.5. The molecule has 0 radical (unpaired) electrons. The number of halogens is 1. The molecular weight excluding hydrogens is 400 g/mol. The number of rotatable bonds is 8. The van der Waals surface area contributed by atoms with E-state index in [1.54, 1.807) is 45.2 Å². The van der Waals surface area contributed by atoms with E-state index < -0.39 is 10.0 Å². The highest BCUT2D eigenvalue weighted by molar-refractivity contribution is 7.89. The van der Waals surface area contributed by atoms with Gasteiger partial charge in [-0.25, -0.2) is 8.42 Å². The smallest absolute Gasteiger partial charge is 0.253 e. The van der Waals surface area contributed by atoms with Crippen LogP contribution in [0.15, 0.2) is 53.4 Å². The minimum atomic E-state index is -3.57. The molecule has 28 heavy (non-hydrogen) atoms. The predicted octanol–water partition coefficient (Wildman–Crippen LogP) is 3.52. The number of hydrogen-bond acceptors (Lipinski definition) is 4. The van der Waals surface area contributed by atoms with Crippen molar-refractivity contribution in [2.24, 2.45) is 0 Å². The van der Waals surface area contributed by atoms with Crippen LogP contribution in [0.2, 0.25) is 5.02 Å². The Balaban J connectivity index is 1.98. The monoisotopic (exact) mass is 424 g/mol. The molecule has 0 aliphatic carbocycles. The molecule has 0 bridgehead atoms. The lowest BCUT2D eigenvalue weighted by atomic mass is 10.2. The van der Waals surface area contributed by atoms with Gasteiger partial charge in [-0.3, -0.25) is 4.79 Å². The Morgan fingerprint density at radius 3 is 2.32 bits per heavy atom. The fourth-order valence-electron chi connectivity index (χ4n) is 2.39. The highest BCUT2D eigenvalue weighted by Crippen LogP contribution is 2.18. The van der Waals surface area contributed by atoms with Crippen LogP contribution < -0.4 is 4.74 Å². The number of likely N-dealkylation sites (N-methyl/N-ethyl adjacent to an activating group) is 1. The molecule has 0 aliphatic rings. The molecule has 1 amide bonds. The van der Waals surface area contributed by atoms with Crippen molar-refractivity contribution in [3.8, 4) is 5.75 Å². The molecule has 0 N–H and O–H groups in total. The fraction of sp³-hybridized carbons (Fsp3) is 0.350. The van der Waals surface area contributed by atoms with Gasteiger partial charge in [-0.1, -0.05) is 17.7 Å². The van der Waals surface area contributed by atoms with Crippen LogP contribution in [0.5, 0.6) is 5.75 Å². The standard InChI is InChI=1S/C20H25ClN2O4S/c1-15(2)23(4)28(25,26)19-10-8-16(9-11-19)20(24)22(3)12-13-27-18-7-5-6-17(21)14-18/h5-11,14-15H,12-13H2,1-4H3. The average molecular weight is 425 g/mol. The number of ether oxygens (including phenoxy) is 1. The summed E-state index contributed by atoms with van der Waals surface area (Å²) in [6.07, 6.45) is 0. The third-order valence-corrected chi connectivity index (χ3v) is 6.63. The van der Waals surface area contributed by atoms with Gasteiger partial charge >= 0.3 is 0 Å². The van der Waals surface area contributed by atoms with Gasteiger partial charge in [0.25, 0.3) is 5.91 Å². The number of carbonyl (C=O) groups excluding carboxylic acids is 1. The molecule has 0 aromatic heterocycles. The predicted molar refractivity (Wildman–Crippen MR) is 110 cm³/mol. The van der Waals surface area contributed by atoms with Crippen molar-refractivity contribution in [1.29, 1.82) is 0 Å². The van der Waals surface area contributed by atoms with Gasteiger partial charge in [0.05, 0.1) is 11.4 Å². The lowest BCUT2D eigenvalue weighted by Crippen LogP contribution is -2.33. The Bertz CT molecular complexity index is 914. The molecule has 2 aromatic carbocycles. The molecule has 6 nitrogen and oxygen atoms in total. The second-order valence-corrected chi connectivity index (χ2v) is 9.11. The van der Waals surface area contributed by atoms with Crippen LogP contribution >= 0.6 is 11.6 Å². The first-order valence-corrected chi connectivity index (χ1v) is 10.7. The van der Waals surface area contributed by atoms with Crippen molar-refractivity contribution < 1.29 is 17.9 Å². The van der Waals surface area contributed by atoms with Gasteiger partial charge < -0.3 is 9.64 Å². The first-order valence-electron chi connectivity index (χ1n) is 8.85. The lowest BCUT2D eigenvalue weighted by Gasteiger charge is -2.21. The molecule has 0 saturated carbocycles. The average Bonchev–Trinajstić information content (AvgIpc) is 2.66. The molecular formula is C20H25ClN2O4S. The van der Waals surface area contributed by atoms with Crippen LogP contribution in [-0.2, 0) is 10.0 Å². The molecule has 0 fully saturated rings. The Labute approximate surface area is 171 Å². The third kappa shape index (κ3) is 5.47. The normalized spacial score (nSPS) is 11.7. The van der Waals surface area contributed by atoms with Crippen LogP contribution in [0.3, 0.4) is 0 Å². The molecule has 152 valence electrons. The fourth-order valence-corrected chi connectivity index (χ4v) is 3.94. The van der Waals surface area contributed by atoms with E-state index in [4.69, 9.17) is 16.3 Å². The van der Waals surface area contributed by atoms with Crippen molar-refractivity contribution in [2.45, 2.75) is 24.8 Å². The zero-order valence-electron chi connectivity index (χ0n) is 16.4. The molecule has 0 spiro atoms. The first-order chi connectivity index (χ1) is 13.1. The van der Waals surface area contributed by atoms with Crippen molar-refractivity contribution in [3.05, 3.63) is 59.1 Å². The topological polar surface area (TPSA) is 66.9 Å². The molecule has 0 unspecified atom stereocenters. The minimum absolute atomic E-state index is 0.156. The number of carbonyl (C=O) groups is 1.